The maximum absolute atomic E-state index is 13.2. The Balaban J connectivity index is 2.24. The molecule has 0 aliphatic heterocycles. The molecule has 0 unspecified atom stereocenters. The van der Waals surface area contributed by atoms with E-state index >= 15 is 0 Å². The van der Waals surface area contributed by atoms with Crippen molar-refractivity contribution in [2.75, 3.05) is 6.61 Å². The number of benzene rings is 2. The molecule has 1 N–H and O–H groups in total. The molecule has 0 saturated heterocycles. The molecule has 5 nitrogen and oxygen atoms in total. The fraction of sp³-hybridized carbons (Fsp3) is 0.417. The van der Waals surface area contributed by atoms with Gasteiger partial charge in [0.2, 0.25) is 5.91 Å². The number of aryl methyl sites for hydroxylation is 1. The normalized spacial score (nSPS) is 12.2. The van der Waals surface area contributed by atoms with Crippen LogP contribution >= 0.6 is 27.5 Å². The zero-order valence-corrected chi connectivity index (χ0v) is 21.0. The molecule has 2 aromatic rings. The monoisotopic (exact) mass is 508 g/mol. The van der Waals surface area contributed by atoms with Crippen LogP contribution in [-0.4, -0.2) is 34.9 Å². The van der Waals surface area contributed by atoms with Crippen molar-refractivity contribution in [3.05, 3.63) is 63.1 Å². The maximum Gasteiger partial charge on any atom is 0.261 e. The minimum Gasteiger partial charge on any atom is -0.482 e. The van der Waals surface area contributed by atoms with Gasteiger partial charge in [0.15, 0.2) is 6.61 Å². The first kappa shape index (κ1) is 25.2. The van der Waals surface area contributed by atoms with Crippen molar-refractivity contribution < 1.29 is 14.3 Å². The van der Waals surface area contributed by atoms with Crippen LogP contribution in [0.25, 0.3) is 0 Å². The van der Waals surface area contributed by atoms with Crippen LogP contribution in [0.1, 0.15) is 45.2 Å². The lowest BCUT2D eigenvalue weighted by Crippen LogP contribution is -2.54. The summed E-state index contributed by atoms with van der Waals surface area (Å²) in [5, 5.41) is 3.40. The Labute approximate surface area is 198 Å². The second kappa shape index (κ2) is 11.0. The molecule has 31 heavy (non-hydrogen) atoms. The Morgan fingerprint density at radius 2 is 1.81 bits per heavy atom. The minimum atomic E-state index is -0.614. The van der Waals surface area contributed by atoms with Crippen LogP contribution < -0.4 is 10.1 Å². The van der Waals surface area contributed by atoms with Gasteiger partial charge in [0, 0.05) is 16.6 Å². The lowest BCUT2D eigenvalue weighted by atomic mass is 10.1. The quantitative estimate of drug-likeness (QED) is 0.510. The molecular weight excluding hydrogens is 480 g/mol. The second-order valence-corrected chi connectivity index (χ2v) is 9.86. The molecule has 0 radical (unpaired) electrons. The molecule has 1 atom stereocenters. The van der Waals surface area contributed by atoms with Crippen LogP contribution in [0, 0.1) is 6.92 Å². The summed E-state index contributed by atoms with van der Waals surface area (Å²) in [6, 6.07) is 12.5. The summed E-state index contributed by atoms with van der Waals surface area (Å²) >= 11 is 9.56. The summed E-state index contributed by atoms with van der Waals surface area (Å²) in [5.74, 6) is -0.0479. The number of ether oxygens (including phenoxy) is 1. The van der Waals surface area contributed by atoms with Crippen molar-refractivity contribution in [2.45, 2.75) is 59.2 Å². The number of nitrogens with zero attached hydrogens (tertiary/aromatic N) is 1. The third kappa shape index (κ3) is 7.86. The van der Waals surface area contributed by atoms with E-state index in [1.54, 1.807) is 23.1 Å². The predicted octanol–water partition coefficient (Wildman–Crippen LogP) is 5.51. The average molecular weight is 510 g/mol. The highest BCUT2D eigenvalue weighted by atomic mass is 79.9. The highest BCUT2D eigenvalue weighted by Gasteiger charge is 2.31. The van der Waals surface area contributed by atoms with E-state index < -0.39 is 11.6 Å². The summed E-state index contributed by atoms with van der Waals surface area (Å²) in [6.07, 6.45) is 0.485. The minimum absolute atomic E-state index is 0.183. The number of nitrogens with one attached hydrogen (secondary N) is 1. The van der Waals surface area contributed by atoms with Crippen LogP contribution in [-0.2, 0) is 16.1 Å². The van der Waals surface area contributed by atoms with E-state index in [0.717, 1.165) is 15.6 Å². The van der Waals surface area contributed by atoms with E-state index in [4.69, 9.17) is 16.3 Å². The lowest BCUT2D eigenvalue weighted by Gasteiger charge is -2.33. The van der Waals surface area contributed by atoms with Crippen LogP contribution in [0.15, 0.2) is 46.9 Å². The number of carbonyl (C=O) groups is 2. The molecule has 0 heterocycles. The second-order valence-electron chi connectivity index (χ2n) is 8.53. The van der Waals surface area contributed by atoms with Gasteiger partial charge in [-0.2, -0.15) is 0 Å². The zero-order chi connectivity index (χ0) is 23.2. The highest BCUT2D eigenvalue weighted by Crippen LogP contribution is 2.28. The van der Waals surface area contributed by atoms with Crippen molar-refractivity contribution in [3.8, 4) is 5.75 Å². The van der Waals surface area contributed by atoms with Crippen LogP contribution in [0.5, 0.6) is 5.75 Å². The molecule has 0 aromatic heterocycles. The summed E-state index contributed by atoms with van der Waals surface area (Å²) in [7, 11) is 0. The van der Waals surface area contributed by atoms with Gasteiger partial charge in [-0.25, -0.2) is 0 Å². The molecule has 0 fully saturated rings. The van der Waals surface area contributed by atoms with Crippen molar-refractivity contribution in [1.82, 2.24) is 10.2 Å². The molecule has 0 aliphatic carbocycles. The van der Waals surface area contributed by atoms with Crippen LogP contribution in [0.4, 0.5) is 0 Å². The van der Waals surface area contributed by atoms with E-state index in [9.17, 15) is 9.59 Å². The third-order valence-corrected chi connectivity index (χ3v) is 5.39. The van der Waals surface area contributed by atoms with Gasteiger partial charge in [-0.3, -0.25) is 9.59 Å². The van der Waals surface area contributed by atoms with Gasteiger partial charge in [-0.15, -0.1) is 0 Å². The summed E-state index contributed by atoms with van der Waals surface area (Å²) in [4.78, 5) is 27.8. The van der Waals surface area contributed by atoms with Crippen molar-refractivity contribution in [2.24, 2.45) is 0 Å². The number of amides is 2. The van der Waals surface area contributed by atoms with Gasteiger partial charge in [0.25, 0.3) is 5.91 Å². The highest BCUT2D eigenvalue weighted by molar-refractivity contribution is 9.10. The molecule has 0 spiro atoms. The third-order valence-electron chi connectivity index (χ3n) is 4.60. The van der Waals surface area contributed by atoms with Crippen molar-refractivity contribution >= 4 is 39.3 Å². The first-order valence-electron chi connectivity index (χ1n) is 10.2. The van der Waals surface area contributed by atoms with Gasteiger partial charge >= 0.3 is 0 Å². The van der Waals surface area contributed by atoms with E-state index in [1.807, 2.05) is 58.9 Å². The Morgan fingerprint density at radius 1 is 1.16 bits per heavy atom. The molecule has 7 heteroatoms. The molecule has 0 bridgehead atoms. The van der Waals surface area contributed by atoms with Crippen LogP contribution in [0.2, 0.25) is 5.02 Å². The molecule has 2 amide bonds. The smallest absolute Gasteiger partial charge is 0.261 e. The molecule has 2 aromatic carbocycles. The zero-order valence-electron chi connectivity index (χ0n) is 18.7. The Hall–Kier alpha value is -2.05. The first-order chi connectivity index (χ1) is 14.5. The Morgan fingerprint density at radius 3 is 2.35 bits per heavy atom. The van der Waals surface area contributed by atoms with Crippen molar-refractivity contribution in [1.29, 1.82) is 0 Å². The standard InChI is InChI=1S/C24H30BrClN2O3/c1-6-20(23(30)27-24(3,4)5)28(14-17-9-7-16(2)8-10-17)22(29)15-31-21-12-11-18(25)13-19(21)26/h7-13,20H,6,14-15H2,1-5H3,(H,27,30)/t20-/m1/s1. The van der Waals surface area contributed by atoms with E-state index in [2.05, 4.69) is 21.2 Å². The van der Waals surface area contributed by atoms with Crippen molar-refractivity contribution in [3.63, 3.8) is 0 Å². The van der Waals surface area contributed by atoms with Gasteiger partial charge in [-0.1, -0.05) is 64.3 Å². The molecule has 0 saturated carbocycles. The largest absolute Gasteiger partial charge is 0.482 e. The summed E-state index contributed by atoms with van der Waals surface area (Å²) in [5.41, 5.74) is 1.68. The molecule has 168 valence electrons. The average Bonchev–Trinajstić information content (AvgIpc) is 2.67. The van der Waals surface area contributed by atoms with E-state index in [1.165, 1.54) is 0 Å². The fourth-order valence-electron chi connectivity index (χ4n) is 3.08. The topological polar surface area (TPSA) is 58.6 Å². The SMILES string of the molecule is CC[C@H](C(=O)NC(C)(C)C)N(Cc1ccc(C)cc1)C(=O)COc1ccc(Br)cc1Cl. The number of rotatable bonds is 8. The first-order valence-corrected chi connectivity index (χ1v) is 11.4. The number of halogens is 2. The van der Waals surface area contributed by atoms with Crippen LogP contribution in [0.3, 0.4) is 0 Å². The number of hydrogen-bond donors (Lipinski definition) is 1. The maximum atomic E-state index is 13.2. The van der Waals surface area contributed by atoms with Gasteiger partial charge in [-0.05, 0) is 57.9 Å². The van der Waals surface area contributed by atoms with E-state index in [0.29, 0.717) is 23.7 Å². The van der Waals surface area contributed by atoms with Gasteiger partial charge in [0.1, 0.15) is 11.8 Å². The van der Waals surface area contributed by atoms with E-state index in [-0.39, 0.29) is 18.4 Å². The molecule has 0 aliphatic rings. The fourth-order valence-corrected chi connectivity index (χ4v) is 3.81. The van der Waals surface area contributed by atoms with Gasteiger partial charge < -0.3 is 15.0 Å². The number of carbonyl (C=O) groups excluding carboxylic acids is 2. The summed E-state index contributed by atoms with van der Waals surface area (Å²) < 4.78 is 6.51. The Kier molecular flexibility index (Phi) is 8.95. The lowest BCUT2D eigenvalue weighted by molar-refractivity contribution is -0.143. The molecule has 2 rings (SSSR count). The Bertz CT molecular complexity index is 910. The molecular formula is C24H30BrClN2O3. The van der Waals surface area contributed by atoms with Gasteiger partial charge in [0.05, 0.1) is 5.02 Å². The predicted molar refractivity (Wildman–Crippen MR) is 128 cm³/mol. The summed E-state index contributed by atoms with van der Waals surface area (Å²) in [6.45, 7) is 9.76. The number of hydrogen-bond acceptors (Lipinski definition) is 3.